The van der Waals surface area contributed by atoms with Crippen LogP contribution < -0.4 is 5.32 Å². The van der Waals surface area contributed by atoms with Crippen LogP contribution >= 0.6 is 0 Å². The SMILES string of the molecule is CCOC1CC(NC2CC2)(C(=O)OC)C1. The van der Waals surface area contributed by atoms with E-state index in [4.69, 9.17) is 9.47 Å². The molecule has 4 heteroatoms. The van der Waals surface area contributed by atoms with Gasteiger partial charge in [0.25, 0.3) is 0 Å². The Morgan fingerprint density at radius 3 is 2.60 bits per heavy atom. The monoisotopic (exact) mass is 213 g/mol. The lowest BCUT2D eigenvalue weighted by atomic mass is 9.74. The Kier molecular flexibility index (Phi) is 2.98. The van der Waals surface area contributed by atoms with E-state index in [0.29, 0.717) is 12.6 Å². The molecule has 0 aromatic heterocycles. The molecule has 2 aliphatic rings. The van der Waals surface area contributed by atoms with E-state index in [1.807, 2.05) is 6.92 Å². The summed E-state index contributed by atoms with van der Waals surface area (Å²) in [5, 5.41) is 3.39. The molecular formula is C11H19NO3. The Hall–Kier alpha value is -0.610. The fourth-order valence-corrected chi connectivity index (χ4v) is 2.23. The molecule has 0 unspecified atom stereocenters. The zero-order valence-electron chi connectivity index (χ0n) is 9.41. The molecule has 86 valence electrons. The maximum absolute atomic E-state index is 11.7. The summed E-state index contributed by atoms with van der Waals surface area (Å²) in [6.07, 6.45) is 4.09. The van der Waals surface area contributed by atoms with Crippen LogP contribution in [0.15, 0.2) is 0 Å². The van der Waals surface area contributed by atoms with E-state index in [-0.39, 0.29) is 12.1 Å². The van der Waals surface area contributed by atoms with Crippen LogP contribution in [0.3, 0.4) is 0 Å². The quantitative estimate of drug-likeness (QED) is 0.688. The topological polar surface area (TPSA) is 47.6 Å². The Morgan fingerprint density at radius 1 is 1.47 bits per heavy atom. The van der Waals surface area contributed by atoms with Crippen molar-refractivity contribution in [3.63, 3.8) is 0 Å². The minimum atomic E-state index is -0.449. The number of methoxy groups -OCH3 is 1. The van der Waals surface area contributed by atoms with Crippen molar-refractivity contribution >= 4 is 5.97 Å². The maximum atomic E-state index is 11.7. The number of hydrogen-bond acceptors (Lipinski definition) is 4. The minimum Gasteiger partial charge on any atom is -0.468 e. The fraction of sp³-hybridized carbons (Fsp3) is 0.909. The molecule has 0 atom stereocenters. The van der Waals surface area contributed by atoms with E-state index in [9.17, 15) is 4.79 Å². The third-order valence-corrected chi connectivity index (χ3v) is 3.19. The van der Waals surface area contributed by atoms with E-state index < -0.39 is 5.54 Å². The Balaban J connectivity index is 1.90. The first kappa shape index (κ1) is 10.9. The Morgan fingerprint density at radius 2 is 2.13 bits per heavy atom. The van der Waals surface area contributed by atoms with Crippen molar-refractivity contribution < 1.29 is 14.3 Å². The first-order chi connectivity index (χ1) is 7.20. The highest BCUT2D eigenvalue weighted by Crippen LogP contribution is 2.38. The Bertz CT molecular complexity index is 244. The van der Waals surface area contributed by atoms with Crippen molar-refractivity contribution in [2.24, 2.45) is 0 Å². The number of nitrogens with one attached hydrogen (secondary N) is 1. The molecule has 4 nitrogen and oxygen atoms in total. The molecule has 2 saturated carbocycles. The van der Waals surface area contributed by atoms with Crippen LogP contribution in [0, 0.1) is 0 Å². The number of carbonyl (C=O) groups is 1. The third-order valence-electron chi connectivity index (χ3n) is 3.19. The number of carbonyl (C=O) groups excluding carboxylic acids is 1. The second-order valence-electron chi connectivity index (χ2n) is 4.48. The van der Waals surface area contributed by atoms with E-state index >= 15 is 0 Å². The predicted octanol–water partition coefficient (Wildman–Crippen LogP) is 0.849. The molecule has 0 amide bonds. The second-order valence-corrected chi connectivity index (χ2v) is 4.48. The lowest BCUT2D eigenvalue weighted by Gasteiger charge is -2.45. The van der Waals surface area contributed by atoms with Crippen LogP contribution in [0.5, 0.6) is 0 Å². The number of rotatable bonds is 5. The average Bonchev–Trinajstić information content (AvgIpc) is 2.97. The molecule has 0 aromatic carbocycles. The molecule has 15 heavy (non-hydrogen) atoms. The van der Waals surface area contributed by atoms with Crippen molar-refractivity contribution in [1.29, 1.82) is 0 Å². The first-order valence-corrected chi connectivity index (χ1v) is 5.68. The van der Waals surface area contributed by atoms with Gasteiger partial charge in [-0.3, -0.25) is 10.1 Å². The summed E-state index contributed by atoms with van der Waals surface area (Å²) in [5.41, 5.74) is -0.449. The molecule has 2 aliphatic carbocycles. The van der Waals surface area contributed by atoms with Crippen LogP contribution in [0.25, 0.3) is 0 Å². The van der Waals surface area contributed by atoms with Crippen molar-refractivity contribution in [1.82, 2.24) is 5.32 Å². The molecule has 2 fully saturated rings. The van der Waals surface area contributed by atoms with Crippen molar-refractivity contribution in [2.45, 2.75) is 50.3 Å². The molecule has 0 heterocycles. The van der Waals surface area contributed by atoms with Crippen LogP contribution in [-0.2, 0) is 14.3 Å². The summed E-state index contributed by atoms with van der Waals surface area (Å²) in [6.45, 7) is 2.69. The highest BCUT2D eigenvalue weighted by Gasteiger charge is 2.53. The number of hydrogen-bond donors (Lipinski definition) is 1. The second kappa shape index (κ2) is 4.10. The van der Waals surface area contributed by atoms with Crippen LogP contribution in [-0.4, -0.2) is 37.4 Å². The van der Waals surface area contributed by atoms with Crippen molar-refractivity contribution in [3.8, 4) is 0 Å². The van der Waals surface area contributed by atoms with E-state index in [2.05, 4.69) is 5.32 Å². The molecule has 1 N–H and O–H groups in total. The lowest BCUT2D eigenvalue weighted by Crippen LogP contribution is -2.64. The average molecular weight is 213 g/mol. The van der Waals surface area contributed by atoms with Gasteiger partial charge in [0.15, 0.2) is 0 Å². The molecule has 0 aliphatic heterocycles. The van der Waals surface area contributed by atoms with Gasteiger partial charge in [0.2, 0.25) is 0 Å². The summed E-state index contributed by atoms with van der Waals surface area (Å²) in [6, 6.07) is 0.520. The van der Waals surface area contributed by atoms with E-state index in [1.165, 1.54) is 20.0 Å². The molecule has 0 saturated heterocycles. The predicted molar refractivity (Wildman–Crippen MR) is 55.6 cm³/mol. The summed E-state index contributed by atoms with van der Waals surface area (Å²) >= 11 is 0. The van der Waals surface area contributed by atoms with Crippen LogP contribution in [0.1, 0.15) is 32.6 Å². The lowest BCUT2D eigenvalue weighted by molar-refractivity contribution is -0.161. The molecular weight excluding hydrogens is 194 g/mol. The van der Waals surface area contributed by atoms with E-state index in [0.717, 1.165) is 12.8 Å². The molecule has 0 radical (unpaired) electrons. The zero-order chi connectivity index (χ0) is 10.9. The highest BCUT2D eigenvalue weighted by molar-refractivity contribution is 5.82. The number of ether oxygens (including phenoxy) is 2. The molecule has 0 bridgehead atoms. The molecule has 0 aromatic rings. The van der Waals surface area contributed by atoms with Gasteiger partial charge in [0.05, 0.1) is 13.2 Å². The van der Waals surface area contributed by atoms with Crippen LogP contribution in [0.2, 0.25) is 0 Å². The number of esters is 1. The minimum absolute atomic E-state index is 0.134. The van der Waals surface area contributed by atoms with Gasteiger partial charge in [-0.25, -0.2) is 0 Å². The smallest absolute Gasteiger partial charge is 0.326 e. The maximum Gasteiger partial charge on any atom is 0.326 e. The van der Waals surface area contributed by atoms with Gasteiger partial charge in [0, 0.05) is 25.5 Å². The summed E-state index contributed by atoms with van der Waals surface area (Å²) in [7, 11) is 1.45. The van der Waals surface area contributed by atoms with Crippen LogP contribution in [0.4, 0.5) is 0 Å². The summed E-state index contributed by atoms with van der Waals surface area (Å²) in [5.74, 6) is -0.134. The van der Waals surface area contributed by atoms with Gasteiger partial charge in [-0.1, -0.05) is 0 Å². The standard InChI is InChI=1S/C11H19NO3/c1-3-15-9-6-11(7-9,10(13)14-2)12-8-4-5-8/h8-9,12H,3-7H2,1-2H3. The van der Waals surface area contributed by atoms with Gasteiger partial charge in [-0.15, -0.1) is 0 Å². The normalized spacial score (nSPS) is 34.7. The van der Waals surface area contributed by atoms with Gasteiger partial charge in [-0.2, -0.15) is 0 Å². The van der Waals surface area contributed by atoms with Gasteiger partial charge in [0.1, 0.15) is 5.54 Å². The summed E-state index contributed by atoms with van der Waals surface area (Å²) < 4.78 is 10.3. The highest BCUT2D eigenvalue weighted by atomic mass is 16.5. The van der Waals surface area contributed by atoms with Gasteiger partial charge < -0.3 is 9.47 Å². The molecule has 0 spiro atoms. The fourth-order valence-electron chi connectivity index (χ4n) is 2.23. The Labute approximate surface area is 90.3 Å². The van der Waals surface area contributed by atoms with Gasteiger partial charge in [-0.05, 0) is 19.8 Å². The first-order valence-electron chi connectivity index (χ1n) is 5.68. The van der Waals surface area contributed by atoms with E-state index in [1.54, 1.807) is 0 Å². The zero-order valence-corrected chi connectivity index (χ0v) is 9.41. The molecule has 2 rings (SSSR count). The third kappa shape index (κ3) is 2.16. The van der Waals surface area contributed by atoms with Crippen molar-refractivity contribution in [2.75, 3.05) is 13.7 Å². The summed E-state index contributed by atoms with van der Waals surface area (Å²) in [4.78, 5) is 11.7. The van der Waals surface area contributed by atoms with Gasteiger partial charge >= 0.3 is 5.97 Å². The van der Waals surface area contributed by atoms with Crippen molar-refractivity contribution in [3.05, 3.63) is 0 Å². The largest absolute Gasteiger partial charge is 0.468 e.